The number of epoxide rings is 1. The van der Waals surface area contributed by atoms with Crippen LogP contribution in [0.2, 0.25) is 0 Å². The van der Waals surface area contributed by atoms with E-state index in [1.54, 1.807) is 32.1 Å². The maximum absolute atomic E-state index is 13.2. The number of ether oxygens (including phenoxy) is 2. The second kappa shape index (κ2) is 10.6. The Morgan fingerprint density at radius 1 is 1.21 bits per heavy atom. The molecule has 2 N–H and O–H groups in total. The van der Waals surface area contributed by atoms with Gasteiger partial charge in [-0.1, -0.05) is 34.1 Å². The molecule has 2 aliphatic heterocycles. The summed E-state index contributed by atoms with van der Waals surface area (Å²) in [5, 5.41) is 24.5. The van der Waals surface area contributed by atoms with Crippen LogP contribution >= 0.6 is 11.3 Å². The van der Waals surface area contributed by atoms with E-state index in [9.17, 15) is 19.8 Å². The molecule has 1 aromatic rings. The van der Waals surface area contributed by atoms with Gasteiger partial charge in [-0.2, -0.15) is 0 Å². The Balaban J connectivity index is 1.81. The normalized spacial score (nSPS) is 37.9. The minimum absolute atomic E-state index is 0.0397. The van der Waals surface area contributed by atoms with E-state index in [0.717, 1.165) is 30.0 Å². The number of cyclic esters (lactones) is 1. The van der Waals surface area contributed by atoms with E-state index in [1.807, 2.05) is 31.4 Å². The van der Waals surface area contributed by atoms with Crippen LogP contribution in [0, 0.1) is 24.2 Å². The van der Waals surface area contributed by atoms with E-state index in [-0.39, 0.29) is 29.8 Å². The Labute approximate surface area is 206 Å². The lowest BCUT2D eigenvalue weighted by Crippen LogP contribution is -2.45. The molecular formula is C26H39NO6S. The fourth-order valence-electron chi connectivity index (χ4n) is 4.82. The predicted molar refractivity (Wildman–Crippen MR) is 131 cm³/mol. The quantitative estimate of drug-likeness (QED) is 0.472. The van der Waals surface area contributed by atoms with Gasteiger partial charge in [0.1, 0.15) is 11.9 Å². The summed E-state index contributed by atoms with van der Waals surface area (Å²) in [6.45, 7) is 10.9. The first-order valence-electron chi connectivity index (χ1n) is 12.2. The molecule has 2 aliphatic rings. The average molecular weight is 494 g/mol. The fraction of sp³-hybridized carbons (Fsp3) is 0.731. The van der Waals surface area contributed by atoms with Gasteiger partial charge in [0.15, 0.2) is 0 Å². The highest BCUT2D eigenvalue weighted by atomic mass is 32.1. The van der Waals surface area contributed by atoms with Crippen molar-refractivity contribution >= 4 is 29.2 Å². The molecule has 2 fully saturated rings. The van der Waals surface area contributed by atoms with E-state index in [4.69, 9.17) is 9.47 Å². The number of fused-ring (bicyclic) bond motifs is 1. The largest absolute Gasteiger partial charge is 0.458 e. The number of aliphatic hydroxyl groups excluding tert-OH is 2. The first kappa shape index (κ1) is 27.0. The summed E-state index contributed by atoms with van der Waals surface area (Å²) < 4.78 is 11.7. The van der Waals surface area contributed by atoms with Crippen molar-refractivity contribution in [3.8, 4) is 0 Å². The molecular weight excluding hydrogens is 454 g/mol. The summed E-state index contributed by atoms with van der Waals surface area (Å²) in [4.78, 5) is 30.4. The molecule has 7 nitrogen and oxygen atoms in total. The van der Waals surface area contributed by atoms with Gasteiger partial charge in [-0.3, -0.25) is 9.59 Å². The number of esters is 1. The number of rotatable bonds is 2. The first-order valence-corrected chi connectivity index (χ1v) is 13.1. The van der Waals surface area contributed by atoms with Gasteiger partial charge in [-0.05, 0) is 44.8 Å². The van der Waals surface area contributed by atoms with Gasteiger partial charge in [0.05, 0.1) is 46.5 Å². The highest BCUT2D eigenvalue weighted by Gasteiger charge is 2.52. The molecule has 3 rings (SSSR count). The first-order chi connectivity index (χ1) is 15.8. The standard InChI is InChI=1S/C26H39NO6S/c1-15-8-7-11-26(6)21(33-26)12-19(10-9-18-14-34-17(3)27-18)32-22(29)13-20(28)25(4,5)24(31)16(2)23(15)30/h9-10,14-16,19-21,23,28,30H,7-8,11-13H2,1-6H3/t15-,16+,19?,20-,21-,23-,26+/m0/s1. The highest BCUT2D eigenvalue weighted by molar-refractivity contribution is 7.09. The third-order valence-corrected chi connectivity index (χ3v) is 8.34. The van der Waals surface area contributed by atoms with Crippen molar-refractivity contribution in [2.24, 2.45) is 17.3 Å². The van der Waals surface area contributed by atoms with E-state index < -0.39 is 35.6 Å². The fourth-order valence-corrected chi connectivity index (χ4v) is 5.40. The van der Waals surface area contributed by atoms with Gasteiger partial charge in [0, 0.05) is 17.7 Å². The number of aromatic nitrogens is 1. The number of aryl methyl sites for hydroxylation is 1. The van der Waals surface area contributed by atoms with Crippen LogP contribution in [0.4, 0.5) is 0 Å². The summed E-state index contributed by atoms with van der Waals surface area (Å²) in [6, 6.07) is 0. The zero-order chi connectivity index (χ0) is 25.3. The Kier molecular flexibility index (Phi) is 8.38. The summed E-state index contributed by atoms with van der Waals surface area (Å²) >= 11 is 1.55. The molecule has 0 spiro atoms. The van der Waals surface area contributed by atoms with Crippen LogP contribution in [-0.2, 0) is 19.1 Å². The molecule has 0 aromatic carbocycles. The maximum atomic E-state index is 13.2. The Hall–Kier alpha value is -1.61. The Morgan fingerprint density at radius 3 is 2.56 bits per heavy atom. The third kappa shape index (κ3) is 6.33. The molecule has 0 saturated carbocycles. The van der Waals surface area contributed by atoms with Crippen molar-refractivity contribution in [2.75, 3.05) is 0 Å². The van der Waals surface area contributed by atoms with Crippen LogP contribution in [0.3, 0.4) is 0 Å². The lowest BCUT2D eigenvalue weighted by Gasteiger charge is -2.34. The van der Waals surface area contributed by atoms with Crippen molar-refractivity contribution in [3.63, 3.8) is 0 Å². The number of aliphatic hydroxyl groups is 2. The average Bonchev–Trinajstić information content (AvgIpc) is 3.19. The molecule has 2 saturated heterocycles. The topological polar surface area (TPSA) is 109 Å². The number of hydrogen-bond donors (Lipinski definition) is 2. The summed E-state index contributed by atoms with van der Waals surface area (Å²) in [6.07, 6.45) is 3.72. The van der Waals surface area contributed by atoms with Crippen molar-refractivity contribution in [1.82, 2.24) is 4.98 Å². The van der Waals surface area contributed by atoms with Gasteiger partial charge in [0.25, 0.3) is 0 Å². The molecule has 190 valence electrons. The second-order valence-electron chi connectivity index (χ2n) is 10.8. The molecule has 8 heteroatoms. The van der Waals surface area contributed by atoms with Gasteiger partial charge in [0.2, 0.25) is 0 Å². The molecule has 0 bridgehead atoms. The predicted octanol–water partition coefficient (Wildman–Crippen LogP) is 4.09. The number of carbonyl (C=O) groups excluding carboxylic acids is 2. The van der Waals surface area contributed by atoms with Crippen molar-refractivity contribution in [1.29, 1.82) is 0 Å². The second-order valence-corrected chi connectivity index (χ2v) is 11.9. The Bertz CT molecular complexity index is 911. The van der Waals surface area contributed by atoms with Crippen LogP contribution in [0.1, 0.15) is 77.4 Å². The van der Waals surface area contributed by atoms with E-state index >= 15 is 0 Å². The zero-order valence-electron chi connectivity index (χ0n) is 21.1. The molecule has 0 aliphatic carbocycles. The molecule has 0 amide bonds. The highest BCUT2D eigenvalue weighted by Crippen LogP contribution is 2.44. The summed E-state index contributed by atoms with van der Waals surface area (Å²) in [5.74, 6) is -1.55. The van der Waals surface area contributed by atoms with Crippen molar-refractivity contribution in [2.45, 2.75) is 104 Å². The Morgan fingerprint density at radius 2 is 1.91 bits per heavy atom. The van der Waals surface area contributed by atoms with E-state index in [2.05, 4.69) is 11.9 Å². The molecule has 7 atom stereocenters. The van der Waals surface area contributed by atoms with Gasteiger partial charge in [-0.25, -0.2) is 4.98 Å². The van der Waals surface area contributed by atoms with Gasteiger partial charge >= 0.3 is 5.97 Å². The zero-order valence-corrected chi connectivity index (χ0v) is 21.9. The molecule has 3 heterocycles. The van der Waals surface area contributed by atoms with Crippen molar-refractivity contribution < 1.29 is 29.3 Å². The van der Waals surface area contributed by atoms with Crippen molar-refractivity contribution in [3.05, 3.63) is 22.2 Å². The maximum Gasteiger partial charge on any atom is 0.309 e. The van der Waals surface area contributed by atoms with Crippen LogP contribution in [0.15, 0.2) is 11.5 Å². The molecule has 34 heavy (non-hydrogen) atoms. The monoisotopic (exact) mass is 493 g/mol. The number of ketones is 1. The third-order valence-electron chi connectivity index (χ3n) is 7.55. The smallest absolute Gasteiger partial charge is 0.309 e. The van der Waals surface area contributed by atoms with Gasteiger partial charge in [-0.15, -0.1) is 11.3 Å². The number of thiazole rings is 1. The lowest BCUT2D eigenvalue weighted by atomic mass is 9.73. The van der Waals surface area contributed by atoms with E-state index in [0.29, 0.717) is 6.42 Å². The van der Waals surface area contributed by atoms with Crippen LogP contribution in [0.25, 0.3) is 6.08 Å². The number of Topliss-reactive ketones (excluding diaryl/α,β-unsaturated/α-hetero) is 1. The minimum Gasteiger partial charge on any atom is -0.458 e. The van der Waals surface area contributed by atoms with Crippen LogP contribution in [-0.4, -0.2) is 57.0 Å². The van der Waals surface area contributed by atoms with Crippen LogP contribution < -0.4 is 0 Å². The molecule has 1 aromatic heterocycles. The molecule has 1 unspecified atom stereocenters. The lowest BCUT2D eigenvalue weighted by molar-refractivity contribution is -0.154. The SMILES string of the molecule is Cc1nc(C=CC2C[C@@H]3O[C@]3(C)CCC[C@H](C)[C@H](O)[C@@H](C)C(=O)C(C)(C)[C@@H](O)CC(=O)O2)cs1. The molecule has 0 radical (unpaired) electrons. The summed E-state index contributed by atoms with van der Waals surface area (Å²) in [5.41, 5.74) is -0.684. The number of hydrogen-bond acceptors (Lipinski definition) is 8. The van der Waals surface area contributed by atoms with E-state index in [1.165, 1.54) is 0 Å². The number of nitrogens with zero attached hydrogens (tertiary/aromatic N) is 1. The minimum atomic E-state index is -1.22. The summed E-state index contributed by atoms with van der Waals surface area (Å²) in [7, 11) is 0. The van der Waals surface area contributed by atoms with Crippen LogP contribution in [0.5, 0.6) is 0 Å². The van der Waals surface area contributed by atoms with Gasteiger partial charge < -0.3 is 19.7 Å². The number of carbonyl (C=O) groups is 2.